The molecule has 4 atom stereocenters. The first-order chi connectivity index (χ1) is 23.6. The van der Waals surface area contributed by atoms with Gasteiger partial charge in [-0.15, -0.1) is 0 Å². The molecule has 2 amide bonds. The summed E-state index contributed by atoms with van der Waals surface area (Å²) in [6.07, 6.45) is 9.08. The zero-order valence-electron chi connectivity index (χ0n) is 27.8. The van der Waals surface area contributed by atoms with Crippen LogP contribution in [0.3, 0.4) is 0 Å². The molecule has 1 aromatic carbocycles. The lowest BCUT2D eigenvalue weighted by Crippen LogP contribution is -2.67. The van der Waals surface area contributed by atoms with Crippen molar-refractivity contribution >= 4 is 33.9 Å². The van der Waals surface area contributed by atoms with Gasteiger partial charge in [-0.1, -0.05) is 0 Å². The molecule has 6 aliphatic carbocycles. The highest BCUT2D eigenvalue weighted by Crippen LogP contribution is 2.73. The number of aromatic nitrogens is 4. The molecule has 4 aromatic rings. The fourth-order valence-corrected chi connectivity index (χ4v) is 9.66. The van der Waals surface area contributed by atoms with Crippen LogP contribution in [0.15, 0.2) is 30.3 Å². The number of hydrogen-bond acceptors (Lipinski definition) is 6. The van der Waals surface area contributed by atoms with Gasteiger partial charge in [-0.25, -0.2) is 14.4 Å². The van der Waals surface area contributed by atoms with Crippen molar-refractivity contribution < 1.29 is 14.0 Å². The van der Waals surface area contributed by atoms with Crippen molar-refractivity contribution in [2.24, 2.45) is 28.4 Å². The summed E-state index contributed by atoms with van der Waals surface area (Å²) in [6, 6.07) is 11.7. The number of likely N-dealkylation sites (tertiary alicyclic amines) is 1. The van der Waals surface area contributed by atoms with Gasteiger partial charge in [-0.3, -0.25) is 9.59 Å². The molecule has 252 valence electrons. The molecule has 7 fully saturated rings. The summed E-state index contributed by atoms with van der Waals surface area (Å²) >= 11 is 0. The summed E-state index contributed by atoms with van der Waals surface area (Å²) in [4.78, 5) is 39.1. The molecule has 3 N–H and O–H groups in total. The van der Waals surface area contributed by atoms with Crippen LogP contribution < -0.4 is 11.1 Å². The Morgan fingerprint density at radius 1 is 1.08 bits per heavy atom. The van der Waals surface area contributed by atoms with E-state index < -0.39 is 11.2 Å². The van der Waals surface area contributed by atoms with Crippen molar-refractivity contribution in [3.8, 4) is 17.6 Å². The average molecular weight is 661 g/mol. The van der Waals surface area contributed by atoms with E-state index in [0.717, 1.165) is 73.9 Å². The molecular weight excluding hydrogens is 619 g/mol. The summed E-state index contributed by atoms with van der Waals surface area (Å²) in [5.74, 6) is 1.15. The van der Waals surface area contributed by atoms with E-state index in [2.05, 4.69) is 32.7 Å². The molecule has 7 aliphatic rings. The highest BCUT2D eigenvalue weighted by Gasteiger charge is 2.72. The van der Waals surface area contributed by atoms with Gasteiger partial charge in [-0.2, -0.15) is 5.26 Å². The molecule has 0 spiro atoms. The second-order valence-corrected chi connectivity index (χ2v) is 16.3. The number of carbonyl (C=O) groups is 2. The summed E-state index contributed by atoms with van der Waals surface area (Å²) in [7, 11) is 0. The van der Waals surface area contributed by atoms with Crippen LogP contribution in [-0.4, -0.2) is 54.4 Å². The number of rotatable bonds is 8. The van der Waals surface area contributed by atoms with Gasteiger partial charge in [-0.05, 0) is 113 Å². The third-order valence-electron chi connectivity index (χ3n) is 12.7. The number of benzene rings is 1. The Bertz CT molecular complexity index is 2120. The van der Waals surface area contributed by atoms with E-state index in [1.165, 1.54) is 6.07 Å². The Hall–Kier alpha value is -4.30. The van der Waals surface area contributed by atoms with Gasteiger partial charge >= 0.3 is 0 Å². The lowest BCUT2D eigenvalue weighted by molar-refractivity contribution is -0.185. The maximum absolute atomic E-state index is 16.2. The molecular formula is C38H41FN8O2. The van der Waals surface area contributed by atoms with Crippen molar-refractivity contribution in [2.45, 2.75) is 102 Å². The van der Waals surface area contributed by atoms with Crippen LogP contribution in [0.25, 0.3) is 33.6 Å². The fraction of sp³-hybridized carbons (Fsp3) is 0.553. The molecule has 1 saturated heterocycles. The van der Waals surface area contributed by atoms with E-state index in [9.17, 15) is 14.9 Å². The molecule has 4 heterocycles. The van der Waals surface area contributed by atoms with Gasteiger partial charge in [0.15, 0.2) is 5.82 Å². The quantitative estimate of drug-likeness (QED) is 0.247. The normalized spacial score (nSPS) is 30.6. The van der Waals surface area contributed by atoms with Crippen molar-refractivity contribution in [3.05, 3.63) is 47.4 Å². The number of nitrogens with two attached hydrogens (primary N) is 1. The molecule has 4 bridgehead atoms. The minimum Gasteiger partial charge on any atom is -0.348 e. The minimum absolute atomic E-state index is 0.0154. The van der Waals surface area contributed by atoms with Gasteiger partial charge in [0, 0.05) is 42.2 Å². The summed E-state index contributed by atoms with van der Waals surface area (Å²) in [5, 5.41) is 13.5. The Balaban J connectivity index is 1.02. The molecule has 0 unspecified atom stereocenters. The number of amides is 2. The van der Waals surface area contributed by atoms with E-state index >= 15 is 4.39 Å². The highest BCUT2D eigenvalue weighted by atomic mass is 19.1. The van der Waals surface area contributed by atoms with Crippen LogP contribution in [0.2, 0.25) is 0 Å². The standard InChI is InChI=1S/C38H41FN8O2/c1-20(42-36(49)38-16-37(17-38,18-38)19-40)29-9-5-23-13-31(46(33(23)43-29)14-21-2-3-21)34-44-30-12-24(11-27(39)32(30)47(34)25-7-8-25)35(48)45-15-28(41)22-4-6-26(45)10-22/h5,9,11-13,20-22,25-26,28H,2-4,6-8,10,14-18,41H2,1H3,(H,42,49)/t20-,22-,26+,28+,37?,38?/m1/s1. The Kier molecular flexibility index (Phi) is 6.12. The first-order valence-electron chi connectivity index (χ1n) is 18.2. The Morgan fingerprint density at radius 2 is 1.86 bits per heavy atom. The lowest BCUT2D eigenvalue weighted by atomic mass is 9.35. The second-order valence-electron chi connectivity index (χ2n) is 16.3. The van der Waals surface area contributed by atoms with Crippen molar-refractivity contribution in [1.82, 2.24) is 29.3 Å². The van der Waals surface area contributed by atoms with Crippen LogP contribution in [0, 0.1) is 39.8 Å². The summed E-state index contributed by atoms with van der Waals surface area (Å²) in [6.45, 7) is 3.26. The van der Waals surface area contributed by atoms with E-state index in [-0.39, 0.29) is 41.4 Å². The third-order valence-corrected chi connectivity index (χ3v) is 12.7. The fourth-order valence-electron chi connectivity index (χ4n) is 9.66. The van der Waals surface area contributed by atoms with Gasteiger partial charge in [0.1, 0.15) is 17.0 Å². The number of halogens is 1. The van der Waals surface area contributed by atoms with Crippen LogP contribution in [0.4, 0.5) is 4.39 Å². The maximum Gasteiger partial charge on any atom is 0.254 e. The molecule has 10 nitrogen and oxygen atoms in total. The second kappa shape index (κ2) is 10.1. The molecule has 6 saturated carbocycles. The number of pyridine rings is 1. The summed E-state index contributed by atoms with van der Waals surface area (Å²) in [5.41, 5.74) is 9.52. The number of nitrogens with zero attached hydrogens (tertiary/aromatic N) is 6. The average Bonchev–Trinajstić information content (AvgIpc) is 3.95. The van der Waals surface area contributed by atoms with Crippen LogP contribution >= 0.6 is 0 Å². The van der Waals surface area contributed by atoms with E-state index in [1.807, 2.05) is 17.9 Å². The van der Waals surface area contributed by atoms with Crippen LogP contribution in [0.5, 0.6) is 0 Å². The number of imidazole rings is 1. The number of nitrogens with one attached hydrogen (secondary N) is 1. The monoisotopic (exact) mass is 660 g/mol. The molecule has 1 aliphatic heterocycles. The Labute approximate surface area is 283 Å². The van der Waals surface area contributed by atoms with Crippen molar-refractivity contribution in [3.63, 3.8) is 0 Å². The third kappa shape index (κ3) is 4.45. The lowest BCUT2D eigenvalue weighted by Gasteiger charge is -2.65. The van der Waals surface area contributed by atoms with E-state index in [4.69, 9.17) is 15.7 Å². The SMILES string of the molecule is C[C@@H](NC(=O)C12CC(C#N)(C1)C2)c1ccc2cc(-c3nc4cc(C(=O)N5C[C@H](N)[C@@H]6CC[C@H]5C6)cc(F)c4n3C3CC3)n(CC3CC3)c2n1. The van der Waals surface area contributed by atoms with E-state index in [1.54, 1.807) is 6.07 Å². The van der Waals surface area contributed by atoms with Gasteiger partial charge < -0.3 is 25.1 Å². The van der Waals surface area contributed by atoms with Gasteiger partial charge in [0.2, 0.25) is 5.91 Å². The first-order valence-corrected chi connectivity index (χ1v) is 18.2. The first kappa shape index (κ1) is 29.6. The van der Waals surface area contributed by atoms with Gasteiger partial charge in [0.25, 0.3) is 5.91 Å². The minimum atomic E-state index is -0.420. The molecule has 11 rings (SSSR count). The topological polar surface area (TPSA) is 135 Å². The van der Waals surface area contributed by atoms with Crippen molar-refractivity contribution in [2.75, 3.05) is 6.54 Å². The Morgan fingerprint density at radius 3 is 2.59 bits per heavy atom. The largest absolute Gasteiger partial charge is 0.348 e. The van der Waals surface area contributed by atoms with Crippen LogP contribution in [0.1, 0.15) is 99.3 Å². The highest BCUT2D eigenvalue weighted by molar-refractivity contribution is 5.98. The maximum atomic E-state index is 16.2. The molecule has 3 aromatic heterocycles. The van der Waals surface area contributed by atoms with E-state index in [0.29, 0.717) is 60.1 Å². The summed E-state index contributed by atoms with van der Waals surface area (Å²) < 4.78 is 20.5. The van der Waals surface area contributed by atoms with Gasteiger partial charge in [0.05, 0.1) is 39.8 Å². The number of piperidine rings is 1. The zero-order chi connectivity index (χ0) is 33.4. The molecule has 49 heavy (non-hydrogen) atoms. The molecule has 0 radical (unpaired) electrons. The molecule has 11 heteroatoms. The predicted molar refractivity (Wildman–Crippen MR) is 180 cm³/mol. The predicted octanol–water partition coefficient (Wildman–Crippen LogP) is 5.76. The number of hydrogen-bond donors (Lipinski definition) is 2. The number of nitriles is 1. The number of fused-ring (bicyclic) bond motifs is 4. The number of carbonyl (C=O) groups excluding carboxylic acids is 2. The van der Waals surface area contributed by atoms with Crippen molar-refractivity contribution in [1.29, 1.82) is 5.26 Å². The van der Waals surface area contributed by atoms with Crippen LogP contribution in [-0.2, 0) is 11.3 Å². The smallest absolute Gasteiger partial charge is 0.254 e. The zero-order valence-corrected chi connectivity index (χ0v) is 27.8.